The molecule has 25 heavy (non-hydrogen) atoms. The average molecular weight is 342 g/mol. The van der Waals surface area contributed by atoms with E-state index in [9.17, 15) is 9.59 Å². The summed E-state index contributed by atoms with van der Waals surface area (Å²) in [5.41, 5.74) is 3.43. The van der Waals surface area contributed by atoms with E-state index in [1.165, 1.54) is 0 Å². The number of likely N-dealkylation sites (N-methyl/N-ethyl adjacent to an activating group) is 1. The van der Waals surface area contributed by atoms with Crippen molar-refractivity contribution in [3.05, 3.63) is 47.0 Å². The third kappa shape index (κ3) is 2.86. The minimum Gasteiger partial charge on any atom is -0.354 e. The van der Waals surface area contributed by atoms with Gasteiger partial charge in [-0.05, 0) is 32.9 Å². The van der Waals surface area contributed by atoms with Crippen molar-refractivity contribution in [2.24, 2.45) is 14.1 Å². The molecule has 0 saturated carbocycles. The van der Waals surface area contributed by atoms with Crippen molar-refractivity contribution >= 4 is 11.8 Å². The van der Waals surface area contributed by atoms with Crippen LogP contribution in [0.5, 0.6) is 0 Å². The van der Waals surface area contributed by atoms with E-state index in [1.54, 1.807) is 0 Å². The van der Waals surface area contributed by atoms with Crippen LogP contribution in [-0.2, 0) is 14.1 Å². The second-order valence-corrected chi connectivity index (χ2v) is 6.81. The van der Waals surface area contributed by atoms with Gasteiger partial charge in [-0.3, -0.25) is 9.59 Å². The lowest BCUT2D eigenvalue weighted by Crippen LogP contribution is -2.62. The lowest BCUT2D eigenvalue weighted by Gasteiger charge is -2.45. The van der Waals surface area contributed by atoms with Crippen molar-refractivity contribution in [1.82, 2.24) is 18.9 Å². The van der Waals surface area contributed by atoms with Crippen LogP contribution in [0.3, 0.4) is 0 Å². The fourth-order valence-electron chi connectivity index (χ4n) is 3.38. The van der Waals surface area contributed by atoms with Gasteiger partial charge in [0.1, 0.15) is 0 Å². The Morgan fingerprint density at radius 3 is 2.00 bits per heavy atom. The largest absolute Gasteiger partial charge is 0.354 e. The van der Waals surface area contributed by atoms with E-state index in [-0.39, 0.29) is 17.9 Å². The Hall–Kier alpha value is -2.50. The van der Waals surface area contributed by atoms with Gasteiger partial charge in [0.2, 0.25) is 0 Å². The number of carbonyl (C=O) groups is 2. The van der Waals surface area contributed by atoms with E-state index in [0.29, 0.717) is 19.6 Å². The standard InChI is InChI=1S/C19H26N4O2/c1-6-23(19(25)17-8-10-21(5)14(17)3)15-11-22(12-15)18(24)16-7-9-20(4)13(16)2/h7-10,15H,6,11-12H2,1-5H3. The Bertz CT molecular complexity index is 812. The van der Waals surface area contributed by atoms with E-state index < -0.39 is 0 Å². The summed E-state index contributed by atoms with van der Waals surface area (Å²) < 4.78 is 3.90. The molecule has 0 unspecified atom stereocenters. The molecule has 0 spiro atoms. The van der Waals surface area contributed by atoms with E-state index in [4.69, 9.17) is 0 Å². The minimum absolute atomic E-state index is 0.0496. The average Bonchev–Trinajstić information content (AvgIpc) is 3.05. The zero-order chi connectivity index (χ0) is 18.3. The quantitative estimate of drug-likeness (QED) is 0.853. The summed E-state index contributed by atoms with van der Waals surface area (Å²) in [6, 6.07) is 3.82. The van der Waals surface area contributed by atoms with Crippen LogP contribution in [-0.4, -0.2) is 56.4 Å². The summed E-state index contributed by atoms with van der Waals surface area (Å²) in [4.78, 5) is 29.2. The lowest BCUT2D eigenvalue weighted by atomic mass is 10.0. The summed E-state index contributed by atoms with van der Waals surface area (Å²) >= 11 is 0. The lowest BCUT2D eigenvalue weighted by molar-refractivity contribution is 0.0243. The van der Waals surface area contributed by atoms with Crippen molar-refractivity contribution in [2.75, 3.05) is 19.6 Å². The first-order valence-corrected chi connectivity index (χ1v) is 8.69. The highest BCUT2D eigenvalue weighted by Gasteiger charge is 2.38. The molecule has 1 aliphatic rings. The van der Waals surface area contributed by atoms with Crippen molar-refractivity contribution in [1.29, 1.82) is 0 Å². The predicted octanol–water partition coefficient (Wildman–Crippen LogP) is 1.97. The number of rotatable bonds is 4. The number of carbonyl (C=O) groups excluding carboxylic acids is 2. The van der Waals surface area contributed by atoms with Gasteiger partial charge < -0.3 is 18.9 Å². The third-order valence-corrected chi connectivity index (χ3v) is 5.42. The molecule has 0 aliphatic carbocycles. The van der Waals surface area contributed by atoms with Crippen LogP contribution in [0.15, 0.2) is 24.5 Å². The van der Waals surface area contributed by atoms with Gasteiger partial charge >= 0.3 is 0 Å². The van der Waals surface area contributed by atoms with E-state index >= 15 is 0 Å². The van der Waals surface area contributed by atoms with Crippen molar-refractivity contribution in [3.8, 4) is 0 Å². The fraction of sp³-hybridized carbons (Fsp3) is 0.474. The smallest absolute Gasteiger partial charge is 0.256 e. The van der Waals surface area contributed by atoms with Gasteiger partial charge in [0.05, 0.1) is 17.2 Å². The van der Waals surface area contributed by atoms with Gasteiger partial charge in [-0.2, -0.15) is 0 Å². The molecule has 1 saturated heterocycles. The van der Waals surface area contributed by atoms with Gasteiger partial charge in [-0.15, -0.1) is 0 Å². The number of hydrogen-bond donors (Lipinski definition) is 0. The molecule has 0 N–H and O–H groups in total. The Morgan fingerprint density at radius 2 is 1.56 bits per heavy atom. The highest BCUT2D eigenvalue weighted by atomic mass is 16.2. The molecule has 6 heteroatoms. The highest BCUT2D eigenvalue weighted by molar-refractivity contribution is 5.97. The maximum Gasteiger partial charge on any atom is 0.256 e. The van der Waals surface area contributed by atoms with Gasteiger partial charge in [0, 0.05) is 57.5 Å². The van der Waals surface area contributed by atoms with Crippen LogP contribution in [0.25, 0.3) is 0 Å². The Morgan fingerprint density at radius 1 is 1.04 bits per heavy atom. The summed E-state index contributed by atoms with van der Waals surface area (Å²) in [6.45, 7) is 7.73. The van der Waals surface area contributed by atoms with Crippen LogP contribution in [0.4, 0.5) is 0 Å². The van der Waals surface area contributed by atoms with Gasteiger partial charge in [0.25, 0.3) is 11.8 Å². The van der Waals surface area contributed by atoms with Crippen molar-refractivity contribution in [3.63, 3.8) is 0 Å². The summed E-state index contributed by atoms with van der Waals surface area (Å²) in [6.07, 6.45) is 3.81. The van der Waals surface area contributed by atoms with Crippen LogP contribution in [0, 0.1) is 13.8 Å². The van der Waals surface area contributed by atoms with Gasteiger partial charge in [-0.1, -0.05) is 0 Å². The Kier molecular flexibility index (Phi) is 4.45. The molecule has 2 amide bonds. The minimum atomic E-state index is 0.0496. The molecule has 1 aliphatic heterocycles. The van der Waals surface area contributed by atoms with Crippen molar-refractivity contribution in [2.45, 2.75) is 26.8 Å². The number of aryl methyl sites for hydroxylation is 2. The highest BCUT2D eigenvalue weighted by Crippen LogP contribution is 2.22. The van der Waals surface area contributed by atoms with E-state index in [1.807, 2.05) is 78.3 Å². The first kappa shape index (κ1) is 17.3. The maximum atomic E-state index is 12.9. The number of amides is 2. The fourth-order valence-corrected chi connectivity index (χ4v) is 3.38. The normalized spacial score (nSPS) is 14.5. The van der Waals surface area contributed by atoms with E-state index in [2.05, 4.69) is 0 Å². The monoisotopic (exact) mass is 342 g/mol. The molecule has 3 rings (SSSR count). The number of hydrogen-bond acceptors (Lipinski definition) is 2. The Labute approximate surface area is 148 Å². The number of nitrogens with zero attached hydrogens (tertiary/aromatic N) is 4. The number of aromatic nitrogens is 2. The molecular formula is C19H26N4O2. The SMILES string of the molecule is CCN(C(=O)c1ccn(C)c1C)C1CN(C(=O)c2ccn(C)c2C)C1. The summed E-state index contributed by atoms with van der Waals surface area (Å²) in [5, 5.41) is 0. The molecule has 1 fully saturated rings. The van der Waals surface area contributed by atoms with E-state index in [0.717, 1.165) is 22.5 Å². The van der Waals surface area contributed by atoms with Crippen LogP contribution < -0.4 is 0 Å². The zero-order valence-corrected chi connectivity index (χ0v) is 15.6. The first-order chi connectivity index (χ1) is 11.8. The molecule has 0 bridgehead atoms. The maximum absolute atomic E-state index is 12.9. The summed E-state index contributed by atoms with van der Waals surface area (Å²) in [5.74, 6) is 0.0994. The topological polar surface area (TPSA) is 50.5 Å². The summed E-state index contributed by atoms with van der Waals surface area (Å²) in [7, 11) is 3.87. The Balaban J connectivity index is 1.68. The molecule has 0 radical (unpaired) electrons. The van der Waals surface area contributed by atoms with Gasteiger partial charge in [0.15, 0.2) is 0 Å². The molecule has 6 nitrogen and oxygen atoms in total. The second kappa shape index (κ2) is 6.43. The van der Waals surface area contributed by atoms with Crippen molar-refractivity contribution < 1.29 is 9.59 Å². The first-order valence-electron chi connectivity index (χ1n) is 8.69. The molecule has 3 heterocycles. The molecule has 2 aromatic heterocycles. The van der Waals surface area contributed by atoms with Gasteiger partial charge in [-0.25, -0.2) is 0 Å². The third-order valence-electron chi connectivity index (χ3n) is 5.42. The molecule has 0 atom stereocenters. The predicted molar refractivity (Wildman–Crippen MR) is 96.7 cm³/mol. The zero-order valence-electron chi connectivity index (χ0n) is 15.6. The van der Waals surface area contributed by atoms with Crippen LogP contribution >= 0.6 is 0 Å². The molecular weight excluding hydrogens is 316 g/mol. The molecule has 0 aromatic carbocycles. The van der Waals surface area contributed by atoms with Crippen LogP contribution in [0.2, 0.25) is 0 Å². The molecule has 134 valence electrons. The molecule has 2 aromatic rings. The number of likely N-dealkylation sites (tertiary alicyclic amines) is 1. The van der Waals surface area contributed by atoms with Crippen LogP contribution in [0.1, 0.15) is 39.0 Å². The second-order valence-electron chi connectivity index (χ2n) is 6.81.